The Morgan fingerprint density at radius 1 is 1.90 bits per heavy atom. The number of aliphatic hydroxyl groups is 1. The normalized spacial score (nSPS) is 12.5. The maximum atomic E-state index is 8.93. The molecule has 1 rings (SSSR count). The third-order valence-corrected chi connectivity index (χ3v) is 0.970. The van der Waals surface area contributed by atoms with Gasteiger partial charge in [-0.3, -0.25) is 0 Å². The maximum Gasteiger partial charge on any atom is 0.147 e. The zero-order valence-electron chi connectivity index (χ0n) is 5.32. The van der Waals surface area contributed by atoms with Crippen molar-refractivity contribution < 1.29 is 9.63 Å². The lowest BCUT2D eigenvalue weighted by Crippen LogP contribution is -2.13. The first-order valence-electron chi connectivity index (χ1n) is 2.79. The second-order valence-corrected chi connectivity index (χ2v) is 1.74. The molecule has 0 fully saturated rings. The Morgan fingerprint density at radius 2 is 2.70 bits per heavy atom. The summed E-state index contributed by atoms with van der Waals surface area (Å²) >= 11 is 0. The molecule has 2 N–H and O–H groups in total. The van der Waals surface area contributed by atoms with Crippen LogP contribution >= 0.6 is 0 Å². The van der Waals surface area contributed by atoms with Crippen LogP contribution in [0, 0.1) is 0 Å². The summed E-state index contributed by atoms with van der Waals surface area (Å²) in [7, 11) is 0. The maximum absolute atomic E-state index is 8.93. The lowest BCUT2D eigenvalue weighted by atomic mass is 10.5. The monoisotopic (exact) mass is 140 g/mol. The highest BCUT2D eigenvalue weighted by Crippen LogP contribution is 2.04. The molecule has 10 heavy (non-hydrogen) atoms. The molecule has 0 saturated carbocycles. The molecule has 1 aromatic rings. The van der Waals surface area contributed by atoms with Crippen molar-refractivity contribution in [2.24, 2.45) is 0 Å². The van der Waals surface area contributed by atoms with E-state index in [-0.39, 0.29) is 0 Å². The smallest absolute Gasteiger partial charge is 0.147 e. The number of aliphatic hydroxyl groups excluding tert-OH is 1. The van der Waals surface area contributed by atoms with Crippen molar-refractivity contribution in [3.63, 3.8) is 0 Å². The van der Waals surface area contributed by atoms with Gasteiger partial charge >= 0.3 is 0 Å². The average molecular weight is 140 g/mol. The quantitative estimate of drug-likeness (QED) is 0.476. The van der Waals surface area contributed by atoms with E-state index >= 15 is 0 Å². The van der Waals surface area contributed by atoms with E-state index in [4.69, 9.17) is 5.11 Å². The van der Waals surface area contributed by atoms with E-state index in [1.165, 1.54) is 18.5 Å². The summed E-state index contributed by atoms with van der Waals surface area (Å²) in [6, 6.07) is 0. The average Bonchev–Trinajstić information content (AvgIpc) is 2.40. The van der Waals surface area contributed by atoms with E-state index in [2.05, 4.69) is 21.6 Å². The molecule has 0 radical (unpaired) electrons. The van der Waals surface area contributed by atoms with Crippen LogP contribution in [0.3, 0.4) is 0 Å². The van der Waals surface area contributed by atoms with Crippen molar-refractivity contribution in [1.29, 1.82) is 0 Å². The van der Waals surface area contributed by atoms with Crippen LogP contribution in [0.15, 0.2) is 29.6 Å². The number of nitrogens with one attached hydrogen (secondary N) is 1. The molecule has 1 heterocycles. The second-order valence-electron chi connectivity index (χ2n) is 1.74. The molecule has 1 aromatic heterocycles. The summed E-state index contributed by atoms with van der Waals surface area (Å²) in [5.41, 5.74) is 0.632. The van der Waals surface area contributed by atoms with Crippen LogP contribution in [-0.2, 0) is 0 Å². The van der Waals surface area contributed by atoms with Crippen LogP contribution < -0.4 is 5.32 Å². The number of anilines is 1. The molecule has 4 nitrogen and oxygen atoms in total. The molecule has 0 saturated heterocycles. The number of nitrogens with zero attached hydrogens (tertiary/aromatic N) is 1. The van der Waals surface area contributed by atoms with Crippen LogP contribution in [-0.4, -0.2) is 16.5 Å². The van der Waals surface area contributed by atoms with E-state index in [0.717, 1.165) is 0 Å². The van der Waals surface area contributed by atoms with Gasteiger partial charge in [-0.05, 0) is 6.08 Å². The number of hydrogen-bond donors (Lipinski definition) is 2. The predicted octanol–water partition coefficient (Wildman–Crippen LogP) is 0.591. The van der Waals surface area contributed by atoms with Gasteiger partial charge in [0.25, 0.3) is 0 Å². The molecule has 0 aliphatic carbocycles. The van der Waals surface area contributed by atoms with Crippen LogP contribution in [0.25, 0.3) is 0 Å². The lowest BCUT2D eigenvalue weighted by Gasteiger charge is -2.04. The topological polar surface area (TPSA) is 58.3 Å². The molecule has 4 heteroatoms. The molecule has 0 spiro atoms. The fraction of sp³-hybridized carbons (Fsp3) is 0.167. The van der Waals surface area contributed by atoms with E-state index in [1.807, 2.05) is 0 Å². The minimum absolute atomic E-state index is 0.632. The van der Waals surface area contributed by atoms with Gasteiger partial charge in [-0.25, -0.2) is 0 Å². The fourth-order valence-electron chi connectivity index (χ4n) is 0.506. The van der Waals surface area contributed by atoms with Crippen molar-refractivity contribution in [2.45, 2.75) is 6.23 Å². The predicted molar refractivity (Wildman–Crippen MR) is 36.3 cm³/mol. The van der Waals surface area contributed by atoms with Crippen LogP contribution in [0.1, 0.15) is 0 Å². The van der Waals surface area contributed by atoms with Crippen molar-refractivity contribution in [3.05, 3.63) is 25.1 Å². The van der Waals surface area contributed by atoms with Crippen LogP contribution in [0.4, 0.5) is 5.69 Å². The summed E-state index contributed by atoms with van der Waals surface area (Å²) in [6.45, 7) is 3.38. The Morgan fingerprint density at radius 3 is 3.20 bits per heavy atom. The minimum atomic E-state index is -0.751. The third-order valence-electron chi connectivity index (χ3n) is 0.970. The first kappa shape index (κ1) is 6.82. The minimum Gasteiger partial charge on any atom is -0.370 e. The Labute approximate surface area is 58.1 Å². The molecular weight excluding hydrogens is 132 g/mol. The van der Waals surface area contributed by atoms with Gasteiger partial charge < -0.3 is 14.9 Å². The fourth-order valence-corrected chi connectivity index (χ4v) is 0.506. The van der Waals surface area contributed by atoms with Gasteiger partial charge in [-0.2, -0.15) is 0 Å². The molecule has 0 bridgehead atoms. The van der Waals surface area contributed by atoms with Crippen molar-refractivity contribution in [2.75, 3.05) is 5.32 Å². The number of aromatic nitrogens is 1. The van der Waals surface area contributed by atoms with Gasteiger partial charge in [0.05, 0.1) is 11.9 Å². The molecule has 1 unspecified atom stereocenters. The molecule has 0 aromatic carbocycles. The first-order chi connectivity index (χ1) is 4.83. The van der Waals surface area contributed by atoms with Crippen LogP contribution in [0.2, 0.25) is 0 Å². The Kier molecular flexibility index (Phi) is 2.07. The van der Waals surface area contributed by atoms with Gasteiger partial charge in [-0.1, -0.05) is 11.7 Å². The third kappa shape index (κ3) is 1.60. The van der Waals surface area contributed by atoms with Crippen molar-refractivity contribution in [1.82, 2.24) is 5.16 Å². The molecular formula is C6H8N2O2. The number of rotatable bonds is 3. The highest BCUT2D eigenvalue weighted by molar-refractivity contribution is 5.37. The standard InChI is InChI=1S/C6H8N2O2/c1-2-6(9)8-5-3-7-10-4-5/h2-4,6,8-9H,1H2. The summed E-state index contributed by atoms with van der Waals surface area (Å²) in [4.78, 5) is 0. The van der Waals surface area contributed by atoms with Crippen molar-refractivity contribution >= 4 is 5.69 Å². The molecule has 0 amide bonds. The summed E-state index contributed by atoms with van der Waals surface area (Å²) in [6.07, 6.45) is 3.48. The van der Waals surface area contributed by atoms with Gasteiger partial charge in [0.15, 0.2) is 0 Å². The largest absolute Gasteiger partial charge is 0.370 e. The van der Waals surface area contributed by atoms with Crippen LogP contribution in [0.5, 0.6) is 0 Å². The van der Waals surface area contributed by atoms with E-state index in [9.17, 15) is 0 Å². The van der Waals surface area contributed by atoms with Crippen molar-refractivity contribution in [3.8, 4) is 0 Å². The van der Waals surface area contributed by atoms with Gasteiger partial charge in [-0.15, -0.1) is 0 Å². The highest BCUT2D eigenvalue weighted by atomic mass is 16.5. The lowest BCUT2D eigenvalue weighted by molar-refractivity contribution is 0.252. The number of hydrogen-bond acceptors (Lipinski definition) is 4. The molecule has 0 aliphatic rings. The first-order valence-corrected chi connectivity index (χ1v) is 2.79. The zero-order chi connectivity index (χ0) is 7.40. The Bertz CT molecular complexity index is 196. The molecule has 54 valence electrons. The summed E-state index contributed by atoms with van der Waals surface area (Å²) in [5, 5.41) is 15.0. The highest BCUT2D eigenvalue weighted by Gasteiger charge is 1.97. The van der Waals surface area contributed by atoms with Gasteiger partial charge in [0, 0.05) is 0 Å². The van der Waals surface area contributed by atoms with E-state index in [0.29, 0.717) is 5.69 Å². The van der Waals surface area contributed by atoms with Gasteiger partial charge in [0.2, 0.25) is 0 Å². The Balaban J connectivity index is 2.47. The summed E-state index contributed by atoms with van der Waals surface area (Å²) in [5.74, 6) is 0. The Hall–Kier alpha value is -1.29. The van der Waals surface area contributed by atoms with E-state index < -0.39 is 6.23 Å². The molecule has 1 atom stereocenters. The zero-order valence-corrected chi connectivity index (χ0v) is 5.32. The van der Waals surface area contributed by atoms with E-state index in [1.54, 1.807) is 0 Å². The summed E-state index contributed by atoms with van der Waals surface area (Å²) < 4.78 is 4.50. The van der Waals surface area contributed by atoms with Gasteiger partial charge in [0.1, 0.15) is 12.5 Å². The second kappa shape index (κ2) is 3.03. The molecule has 0 aliphatic heterocycles. The SMILES string of the molecule is C=CC(O)Nc1cnoc1.